The molecule has 0 saturated heterocycles. The Hall–Kier alpha value is -1.04. The number of halogens is 2. The third kappa shape index (κ3) is 3.48. The largest absolute Gasteiger partial charge is 0.271 e. The van der Waals surface area contributed by atoms with Crippen LogP contribution in [0.1, 0.15) is 0 Å². The summed E-state index contributed by atoms with van der Waals surface area (Å²) in [7, 11) is 0. The van der Waals surface area contributed by atoms with Crippen LogP contribution in [-0.2, 0) is 0 Å². The Morgan fingerprint density at radius 3 is 2.39 bits per heavy atom. The molecule has 6 heteroatoms. The Balaban J connectivity index is 2.28. The molecule has 2 aromatic carbocycles. The minimum absolute atomic E-state index is 0.0702. The van der Waals surface area contributed by atoms with Crippen LogP contribution in [0.5, 0.6) is 0 Å². The van der Waals surface area contributed by atoms with Crippen molar-refractivity contribution in [2.75, 3.05) is 0 Å². The molecule has 2 rings (SSSR count). The zero-order chi connectivity index (χ0) is 13.1. The smallest absolute Gasteiger partial charge is 0.258 e. The van der Waals surface area contributed by atoms with E-state index in [1.165, 1.54) is 17.8 Å². The molecular formula is C12H7BrClNO2S. The molecule has 2 aromatic rings. The number of nitro benzene ring substituents is 1. The van der Waals surface area contributed by atoms with Crippen LogP contribution in [0.2, 0.25) is 5.02 Å². The summed E-state index contributed by atoms with van der Waals surface area (Å²) in [6.45, 7) is 0. The van der Waals surface area contributed by atoms with Crippen LogP contribution in [0.4, 0.5) is 5.69 Å². The highest BCUT2D eigenvalue weighted by molar-refractivity contribution is 9.10. The van der Waals surface area contributed by atoms with Crippen molar-refractivity contribution in [2.45, 2.75) is 9.79 Å². The summed E-state index contributed by atoms with van der Waals surface area (Å²) in [5.41, 5.74) is 0.0702. The van der Waals surface area contributed by atoms with Crippen molar-refractivity contribution in [3.63, 3.8) is 0 Å². The zero-order valence-corrected chi connectivity index (χ0v) is 12.1. The first kappa shape index (κ1) is 13.4. The Bertz CT molecular complexity index is 589. The fraction of sp³-hybridized carbons (Fsp3) is 0. The lowest BCUT2D eigenvalue weighted by Crippen LogP contribution is -1.88. The van der Waals surface area contributed by atoms with E-state index >= 15 is 0 Å². The van der Waals surface area contributed by atoms with E-state index in [0.29, 0.717) is 9.50 Å². The summed E-state index contributed by atoms with van der Waals surface area (Å²) < 4.78 is 0.688. The van der Waals surface area contributed by atoms with E-state index in [4.69, 9.17) is 11.6 Å². The molecule has 0 aromatic heterocycles. The van der Waals surface area contributed by atoms with Crippen molar-refractivity contribution in [1.82, 2.24) is 0 Å². The normalized spacial score (nSPS) is 10.3. The maximum atomic E-state index is 10.8. The van der Waals surface area contributed by atoms with Crippen molar-refractivity contribution < 1.29 is 4.92 Å². The molecule has 0 aliphatic heterocycles. The lowest BCUT2D eigenvalue weighted by molar-refractivity contribution is -0.385. The van der Waals surface area contributed by atoms with Gasteiger partial charge in [0.05, 0.1) is 4.92 Å². The number of nitro groups is 1. The molecular weight excluding hydrogens is 338 g/mol. The lowest BCUT2D eigenvalue weighted by Gasteiger charge is -2.03. The average Bonchev–Trinajstić information content (AvgIpc) is 2.31. The van der Waals surface area contributed by atoms with Crippen LogP contribution >= 0.6 is 39.3 Å². The zero-order valence-electron chi connectivity index (χ0n) is 8.97. The number of hydrogen-bond acceptors (Lipinski definition) is 3. The second-order valence-corrected chi connectivity index (χ2v) is 5.96. The van der Waals surface area contributed by atoms with E-state index in [2.05, 4.69) is 15.9 Å². The molecule has 0 spiro atoms. The number of rotatable bonds is 3. The average molecular weight is 345 g/mol. The number of benzene rings is 2. The highest BCUT2D eigenvalue weighted by atomic mass is 79.9. The highest BCUT2D eigenvalue weighted by Gasteiger charge is 2.09. The van der Waals surface area contributed by atoms with Crippen LogP contribution in [0.3, 0.4) is 0 Å². The van der Waals surface area contributed by atoms with Gasteiger partial charge < -0.3 is 0 Å². The number of hydrogen-bond donors (Lipinski definition) is 0. The molecule has 0 unspecified atom stereocenters. The van der Waals surface area contributed by atoms with E-state index in [-0.39, 0.29) is 5.69 Å². The van der Waals surface area contributed by atoms with Crippen LogP contribution < -0.4 is 0 Å². The third-order valence-corrected chi connectivity index (χ3v) is 3.81. The first-order valence-corrected chi connectivity index (χ1v) is 6.92. The van der Waals surface area contributed by atoms with E-state index in [1.54, 1.807) is 18.2 Å². The van der Waals surface area contributed by atoms with Gasteiger partial charge in [0.1, 0.15) is 0 Å². The summed E-state index contributed by atoms with van der Waals surface area (Å²) in [5, 5.41) is 11.4. The van der Waals surface area contributed by atoms with Gasteiger partial charge in [-0.25, -0.2) is 0 Å². The topological polar surface area (TPSA) is 43.1 Å². The molecule has 0 saturated carbocycles. The van der Waals surface area contributed by atoms with E-state index < -0.39 is 4.92 Å². The second kappa shape index (κ2) is 5.73. The predicted octanol–water partition coefficient (Wildman–Crippen LogP) is 5.16. The fourth-order valence-electron chi connectivity index (χ4n) is 1.35. The highest BCUT2D eigenvalue weighted by Crippen LogP contribution is 2.33. The Morgan fingerprint density at radius 2 is 1.78 bits per heavy atom. The van der Waals surface area contributed by atoms with Gasteiger partial charge in [-0.2, -0.15) is 0 Å². The van der Waals surface area contributed by atoms with Crippen molar-refractivity contribution in [3.05, 3.63) is 62.1 Å². The van der Waals surface area contributed by atoms with Crippen molar-refractivity contribution >= 4 is 45.0 Å². The van der Waals surface area contributed by atoms with Crippen LogP contribution in [0, 0.1) is 10.1 Å². The molecule has 0 radical (unpaired) electrons. The number of non-ortho nitro benzene ring substituents is 1. The van der Waals surface area contributed by atoms with Crippen LogP contribution in [-0.4, -0.2) is 4.92 Å². The van der Waals surface area contributed by atoms with E-state index in [0.717, 1.165) is 9.79 Å². The summed E-state index contributed by atoms with van der Waals surface area (Å²) in [4.78, 5) is 12.1. The van der Waals surface area contributed by atoms with Gasteiger partial charge in [-0.1, -0.05) is 39.3 Å². The SMILES string of the molecule is O=[N+]([O-])c1cc(Br)cc(Sc2ccc(Cl)cc2)c1. The summed E-state index contributed by atoms with van der Waals surface area (Å²) >= 11 is 10.5. The maximum Gasteiger partial charge on any atom is 0.271 e. The van der Waals surface area contributed by atoms with Gasteiger partial charge in [0.15, 0.2) is 0 Å². The first-order chi connectivity index (χ1) is 8.54. The van der Waals surface area contributed by atoms with Gasteiger partial charge in [-0.05, 0) is 30.3 Å². The Kier molecular flexibility index (Phi) is 4.27. The molecule has 0 aliphatic carbocycles. The predicted molar refractivity (Wildman–Crippen MR) is 76.4 cm³/mol. The molecule has 0 heterocycles. The van der Waals surface area contributed by atoms with Crippen molar-refractivity contribution in [2.24, 2.45) is 0 Å². The van der Waals surface area contributed by atoms with Crippen molar-refractivity contribution in [1.29, 1.82) is 0 Å². The van der Waals surface area contributed by atoms with Gasteiger partial charge in [0.25, 0.3) is 5.69 Å². The molecule has 92 valence electrons. The van der Waals surface area contributed by atoms with Gasteiger partial charge in [0.2, 0.25) is 0 Å². The second-order valence-electron chi connectivity index (χ2n) is 3.46. The molecule has 0 amide bonds. The molecule has 3 nitrogen and oxygen atoms in total. The first-order valence-electron chi connectivity index (χ1n) is 4.93. The minimum atomic E-state index is -0.406. The van der Waals surface area contributed by atoms with Gasteiger partial charge in [-0.3, -0.25) is 10.1 Å². The van der Waals surface area contributed by atoms with Gasteiger partial charge in [0, 0.05) is 31.4 Å². The Morgan fingerprint density at radius 1 is 1.11 bits per heavy atom. The van der Waals surface area contributed by atoms with Crippen molar-refractivity contribution in [3.8, 4) is 0 Å². The number of nitrogens with zero attached hydrogens (tertiary/aromatic N) is 1. The summed E-state index contributed by atoms with van der Waals surface area (Å²) in [6.07, 6.45) is 0. The lowest BCUT2D eigenvalue weighted by atomic mass is 10.3. The van der Waals surface area contributed by atoms with Gasteiger partial charge in [-0.15, -0.1) is 0 Å². The molecule has 0 bridgehead atoms. The molecule has 0 fully saturated rings. The standard InChI is InChI=1S/C12H7BrClNO2S/c13-8-5-10(15(16)17)7-12(6-8)18-11-3-1-9(14)2-4-11/h1-7H. The third-order valence-electron chi connectivity index (χ3n) is 2.12. The maximum absolute atomic E-state index is 10.8. The molecule has 0 N–H and O–H groups in total. The fourth-order valence-corrected chi connectivity index (χ4v) is 3.02. The summed E-state index contributed by atoms with van der Waals surface area (Å²) in [5.74, 6) is 0. The monoisotopic (exact) mass is 343 g/mol. The van der Waals surface area contributed by atoms with Crippen LogP contribution in [0.15, 0.2) is 56.7 Å². The van der Waals surface area contributed by atoms with Gasteiger partial charge >= 0.3 is 0 Å². The molecule has 0 aliphatic rings. The quantitative estimate of drug-likeness (QED) is 0.570. The van der Waals surface area contributed by atoms with E-state index in [1.807, 2.05) is 18.2 Å². The minimum Gasteiger partial charge on any atom is -0.258 e. The molecule has 0 atom stereocenters. The van der Waals surface area contributed by atoms with Crippen LogP contribution in [0.25, 0.3) is 0 Å². The Labute approximate surface area is 121 Å². The molecule has 18 heavy (non-hydrogen) atoms. The summed E-state index contributed by atoms with van der Waals surface area (Å²) in [6, 6.07) is 12.2. The van der Waals surface area contributed by atoms with E-state index in [9.17, 15) is 10.1 Å².